The van der Waals surface area contributed by atoms with Crippen molar-refractivity contribution in [1.29, 1.82) is 0 Å². The lowest BCUT2D eigenvalue weighted by Crippen LogP contribution is -2.57. The molecule has 0 saturated carbocycles. The van der Waals surface area contributed by atoms with Crippen LogP contribution >= 0.6 is 0 Å². The lowest BCUT2D eigenvalue weighted by molar-refractivity contribution is -0.150. The molecule has 9 heteroatoms. The van der Waals surface area contributed by atoms with Gasteiger partial charge in [-0.25, -0.2) is 0 Å². The fraction of sp³-hybridized carbons (Fsp3) is 0.679. The second-order valence-electron chi connectivity index (χ2n) is 10.7. The van der Waals surface area contributed by atoms with Gasteiger partial charge in [-0.3, -0.25) is 14.4 Å². The van der Waals surface area contributed by atoms with Crippen molar-refractivity contribution in [3.8, 4) is 5.75 Å². The van der Waals surface area contributed by atoms with Crippen LogP contribution in [0.25, 0.3) is 0 Å². The van der Waals surface area contributed by atoms with Crippen molar-refractivity contribution in [1.82, 2.24) is 10.2 Å². The van der Waals surface area contributed by atoms with Gasteiger partial charge in [0.1, 0.15) is 17.4 Å². The van der Waals surface area contributed by atoms with Crippen molar-refractivity contribution in [2.24, 2.45) is 17.8 Å². The number of aliphatic hydroxyl groups is 1. The number of benzene rings is 1. The lowest BCUT2D eigenvalue weighted by atomic mass is 9.65. The predicted octanol–water partition coefficient (Wildman–Crippen LogP) is 2.72. The van der Waals surface area contributed by atoms with Gasteiger partial charge in [-0.2, -0.15) is 0 Å². The zero-order valence-electron chi connectivity index (χ0n) is 22.6. The molecule has 3 fully saturated rings. The maximum absolute atomic E-state index is 14.2. The molecule has 7 atom stereocenters. The summed E-state index contributed by atoms with van der Waals surface area (Å²) in [6, 6.07) is 5.46. The summed E-state index contributed by atoms with van der Waals surface area (Å²) >= 11 is 0. The number of nitrogens with zero attached hydrogens (tertiary/aromatic N) is 1. The predicted molar refractivity (Wildman–Crippen MR) is 139 cm³/mol. The second-order valence-corrected chi connectivity index (χ2v) is 10.7. The molecule has 3 saturated heterocycles. The van der Waals surface area contributed by atoms with Crippen LogP contribution in [-0.4, -0.2) is 71.3 Å². The highest BCUT2D eigenvalue weighted by atomic mass is 16.5. The molecule has 0 aromatic heterocycles. The van der Waals surface area contributed by atoms with Gasteiger partial charge in [-0.1, -0.05) is 34.1 Å². The minimum atomic E-state index is -1.13. The monoisotopic (exact) mass is 515 g/mol. The smallest absolute Gasteiger partial charge is 0.250 e. The van der Waals surface area contributed by atoms with Crippen LogP contribution < -0.4 is 15.4 Å². The molecule has 3 aliphatic rings. The van der Waals surface area contributed by atoms with E-state index in [0.29, 0.717) is 37.2 Å². The van der Waals surface area contributed by atoms with Crippen molar-refractivity contribution in [2.45, 2.75) is 83.1 Å². The van der Waals surface area contributed by atoms with Crippen LogP contribution in [0.2, 0.25) is 0 Å². The van der Waals surface area contributed by atoms with Crippen LogP contribution in [0.3, 0.4) is 0 Å². The van der Waals surface area contributed by atoms with Gasteiger partial charge in [0.2, 0.25) is 17.7 Å². The average Bonchev–Trinajstić information content (AvgIpc) is 3.52. The first-order valence-electron chi connectivity index (χ1n) is 13.6. The number of nitrogens with one attached hydrogen (secondary N) is 2. The zero-order valence-corrected chi connectivity index (χ0v) is 22.6. The molecule has 3 heterocycles. The number of rotatable bonds is 11. The molecule has 0 aliphatic carbocycles. The number of ether oxygens (including phenoxy) is 2. The van der Waals surface area contributed by atoms with E-state index in [-0.39, 0.29) is 30.2 Å². The number of carbonyl (C=O) groups excluding carboxylic acids is 3. The van der Waals surface area contributed by atoms with Gasteiger partial charge < -0.3 is 30.1 Å². The highest BCUT2D eigenvalue weighted by Gasteiger charge is 2.79. The molecule has 2 unspecified atom stereocenters. The van der Waals surface area contributed by atoms with E-state index in [0.717, 1.165) is 12.8 Å². The largest absolute Gasteiger partial charge is 0.497 e. The van der Waals surface area contributed by atoms with Gasteiger partial charge in [0.25, 0.3) is 0 Å². The lowest BCUT2D eigenvalue weighted by Gasteiger charge is -2.39. The Kier molecular flexibility index (Phi) is 7.85. The standard InChI is InChI=1S/C28H41N3O6/c1-6-15-29-24(33)21-22-26(35)31(20(16-32)17(4)7-2)23(28(22)14-13-27(21,8-3)37-28)25(34)30-18-9-11-19(36-5)12-10-18/h9-12,17,20-23,32H,6-8,13-16H2,1-5H3,(H,29,33)(H,30,34)/t17-,20-,21-,22-,23?,27+,28?/m0/s1. The molecule has 0 radical (unpaired) electrons. The van der Waals surface area contributed by atoms with E-state index in [2.05, 4.69) is 10.6 Å². The van der Waals surface area contributed by atoms with Crippen molar-refractivity contribution < 1.29 is 29.0 Å². The Morgan fingerprint density at radius 1 is 1.19 bits per heavy atom. The summed E-state index contributed by atoms with van der Waals surface area (Å²) in [6.07, 6.45) is 3.18. The summed E-state index contributed by atoms with van der Waals surface area (Å²) in [7, 11) is 1.57. The first-order chi connectivity index (χ1) is 17.7. The molecule has 9 nitrogen and oxygen atoms in total. The normalized spacial score (nSPS) is 31.7. The van der Waals surface area contributed by atoms with Crippen LogP contribution in [0.5, 0.6) is 5.75 Å². The molecule has 37 heavy (non-hydrogen) atoms. The zero-order chi connectivity index (χ0) is 27.0. The van der Waals surface area contributed by atoms with Crippen molar-refractivity contribution in [3.63, 3.8) is 0 Å². The average molecular weight is 516 g/mol. The second kappa shape index (κ2) is 10.6. The third-order valence-electron chi connectivity index (χ3n) is 8.90. The summed E-state index contributed by atoms with van der Waals surface area (Å²) in [5, 5.41) is 16.4. The van der Waals surface area contributed by atoms with Crippen LogP contribution in [0.1, 0.15) is 59.8 Å². The number of methoxy groups -OCH3 is 1. The molecule has 2 bridgehead atoms. The number of likely N-dealkylation sites (tertiary alicyclic amines) is 1. The number of hydrogen-bond donors (Lipinski definition) is 3. The molecule has 3 N–H and O–H groups in total. The molecular weight excluding hydrogens is 474 g/mol. The maximum atomic E-state index is 14.2. The first kappa shape index (κ1) is 27.4. The molecule has 3 aliphatic heterocycles. The quantitative estimate of drug-likeness (QED) is 0.417. The highest BCUT2D eigenvalue weighted by molar-refractivity contribution is 6.04. The van der Waals surface area contributed by atoms with Crippen LogP contribution in [-0.2, 0) is 19.1 Å². The van der Waals surface area contributed by atoms with Gasteiger partial charge >= 0.3 is 0 Å². The Balaban J connectivity index is 1.77. The van der Waals surface area contributed by atoms with Gasteiger partial charge in [0, 0.05) is 12.2 Å². The number of hydrogen-bond acceptors (Lipinski definition) is 6. The van der Waals surface area contributed by atoms with E-state index in [1.807, 2.05) is 27.7 Å². The van der Waals surface area contributed by atoms with Crippen LogP contribution in [0.4, 0.5) is 5.69 Å². The first-order valence-corrected chi connectivity index (χ1v) is 13.6. The number of anilines is 1. The molecule has 204 valence electrons. The van der Waals surface area contributed by atoms with E-state index in [9.17, 15) is 19.5 Å². The fourth-order valence-electron chi connectivity index (χ4n) is 6.77. The van der Waals surface area contributed by atoms with Crippen molar-refractivity contribution >= 4 is 23.4 Å². The summed E-state index contributed by atoms with van der Waals surface area (Å²) < 4.78 is 12.0. The number of fused-ring (bicyclic) bond motifs is 1. The molecule has 1 spiro atoms. The minimum absolute atomic E-state index is 0.0508. The van der Waals surface area contributed by atoms with E-state index >= 15 is 0 Å². The summed E-state index contributed by atoms with van der Waals surface area (Å²) in [5.74, 6) is -1.68. The fourth-order valence-corrected chi connectivity index (χ4v) is 6.77. The SMILES string of the molecule is CCCNC(=O)[C@@H]1[C@H]2C(=O)N([C@@H](CO)[C@@H](C)CC)C(C(=O)Nc3ccc(OC)cc3)C23CC[C@@]1(CC)O3. The van der Waals surface area contributed by atoms with Crippen LogP contribution in [0.15, 0.2) is 24.3 Å². The van der Waals surface area contributed by atoms with E-state index in [1.165, 1.54) is 0 Å². The molecule has 1 aromatic rings. The van der Waals surface area contributed by atoms with E-state index in [1.54, 1.807) is 36.3 Å². The van der Waals surface area contributed by atoms with Crippen molar-refractivity contribution in [3.05, 3.63) is 24.3 Å². The molecular formula is C28H41N3O6. The number of amides is 3. The topological polar surface area (TPSA) is 117 Å². The maximum Gasteiger partial charge on any atom is 0.250 e. The Labute approximate surface area is 219 Å². The molecule has 3 amide bonds. The van der Waals surface area contributed by atoms with Crippen LogP contribution in [0, 0.1) is 17.8 Å². The number of aliphatic hydroxyl groups excluding tert-OH is 1. The van der Waals surface area contributed by atoms with Gasteiger partial charge in [0.05, 0.1) is 37.2 Å². The summed E-state index contributed by atoms with van der Waals surface area (Å²) in [5.41, 5.74) is -1.34. The molecule has 1 aromatic carbocycles. The summed E-state index contributed by atoms with van der Waals surface area (Å²) in [4.78, 5) is 43.3. The van der Waals surface area contributed by atoms with Gasteiger partial charge in [0.15, 0.2) is 0 Å². The number of carbonyl (C=O) groups is 3. The summed E-state index contributed by atoms with van der Waals surface area (Å²) in [6.45, 7) is 8.16. The van der Waals surface area contributed by atoms with Gasteiger partial charge in [-0.05, 0) is 55.9 Å². The molecule has 4 rings (SSSR count). The van der Waals surface area contributed by atoms with E-state index < -0.39 is 35.1 Å². The Bertz CT molecular complexity index is 1020. The Hall–Kier alpha value is -2.65. The Morgan fingerprint density at radius 2 is 1.89 bits per heavy atom. The minimum Gasteiger partial charge on any atom is -0.497 e. The van der Waals surface area contributed by atoms with Crippen molar-refractivity contribution in [2.75, 3.05) is 25.6 Å². The van der Waals surface area contributed by atoms with Gasteiger partial charge in [-0.15, -0.1) is 0 Å². The van der Waals surface area contributed by atoms with E-state index in [4.69, 9.17) is 9.47 Å². The highest BCUT2D eigenvalue weighted by Crippen LogP contribution is 2.64. The Morgan fingerprint density at radius 3 is 2.46 bits per heavy atom. The third-order valence-corrected chi connectivity index (χ3v) is 8.90. The third kappa shape index (κ3) is 4.30.